The number of ether oxygens (including phenoxy) is 2. The Kier molecular flexibility index (Phi) is 4.65. The van der Waals surface area contributed by atoms with Crippen molar-refractivity contribution in [3.63, 3.8) is 0 Å². The minimum Gasteiger partial charge on any atom is -0.632 e. The van der Waals surface area contributed by atoms with E-state index in [0.717, 1.165) is 16.7 Å². The summed E-state index contributed by atoms with van der Waals surface area (Å²) in [5.41, 5.74) is 2.58. The van der Waals surface area contributed by atoms with Crippen LogP contribution in [0.1, 0.15) is 22.7 Å². The second-order valence-corrected chi connectivity index (χ2v) is 6.20. The number of nitrogens with zero attached hydrogens (tertiary/aromatic N) is 1. The molecule has 1 heterocycles. The van der Waals surface area contributed by atoms with Gasteiger partial charge in [0.15, 0.2) is 18.0 Å². The quantitative estimate of drug-likeness (QED) is 0.667. The van der Waals surface area contributed by atoms with Gasteiger partial charge in [0, 0.05) is 17.5 Å². The van der Waals surface area contributed by atoms with Crippen LogP contribution < -0.4 is 9.47 Å². The van der Waals surface area contributed by atoms with Crippen molar-refractivity contribution in [2.45, 2.75) is 12.5 Å². The first-order valence-corrected chi connectivity index (χ1v) is 8.08. The lowest BCUT2D eigenvalue weighted by molar-refractivity contribution is -0.900. The summed E-state index contributed by atoms with van der Waals surface area (Å²) in [5.74, 6) is 0.0445. The zero-order valence-electron chi connectivity index (χ0n) is 14.3. The van der Waals surface area contributed by atoms with Gasteiger partial charge in [0.2, 0.25) is 0 Å². The first kappa shape index (κ1) is 17.3. The third-order valence-electron chi connectivity index (χ3n) is 4.69. The Hall–Kier alpha value is -2.57. The van der Waals surface area contributed by atoms with Crippen molar-refractivity contribution in [1.82, 2.24) is 0 Å². The van der Waals surface area contributed by atoms with Crippen molar-refractivity contribution in [2.75, 3.05) is 27.3 Å². The van der Waals surface area contributed by atoms with Gasteiger partial charge in [-0.25, -0.2) is 4.79 Å². The minimum absolute atomic E-state index is 0.203. The van der Waals surface area contributed by atoms with E-state index in [1.54, 1.807) is 20.3 Å². The molecule has 0 fully saturated rings. The second kappa shape index (κ2) is 6.74. The lowest BCUT2D eigenvalue weighted by Crippen LogP contribution is -2.52. The van der Waals surface area contributed by atoms with E-state index in [4.69, 9.17) is 9.47 Å². The molecule has 3 rings (SSSR count). The molecular formula is C19H21NO5. The molecule has 0 aromatic heterocycles. The number of hydrogen-bond donors (Lipinski definition) is 1. The Morgan fingerprint density at radius 3 is 2.44 bits per heavy atom. The molecule has 132 valence electrons. The lowest BCUT2D eigenvalue weighted by Gasteiger charge is -2.51. The maximum absolute atomic E-state index is 13.5. The normalized spacial score (nSPS) is 22.1. The van der Waals surface area contributed by atoms with Crippen molar-refractivity contribution < 1.29 is 24.0 Å². The number of aliphatic carboxylic acids is 1. The summed E-state index contributed by atoms with van der Waals surface area (Å²) in [6.45, 7) is -0.276. The van der Waals surface area contributed by atoms with Gasteiger partial charge in [0.05, 0.1) is 20.8 Å². The summed E-state index contributed by atoms with van der Waals surface area (Å²) >= 11 is 0. The molecular weight excluding hydrogens is 322 g/mol. The molecule has 0 saturated heterocycles. The van der Waals surface area contributed by atoms with Gasteiger partial charge in [-0.1, -0.05) is 30.3 Å². The number of hydrogen-bond acceptors (Lipinski definition) is 4. The highest BCUT2D eigenvalue weighted by molar-refractivity contribution is 5.68. The number of rotatable bonds is 5. The zero-order valence-corrected chi connectivity index (χ0v) is 14.3. The van der Waals surface area contributed by atoms with E-state index in [0.29, 0.717) is 17.9 Å². The van der Waals surface area contributed by atoms with Crippen LogP contribution in [-0.4, -0.2) is 43.0 Å². The van der Waals surface area contributed by atoms with E-state index >= 15 is 0 Å². The predicted octanol–water partition coefficient (Wildman–Crippen LogP) is 2.75. The topological polar surface area (TPSA) is 78.8 Å². The minimum atomic E-state index is -1.10. The van der Waals surface area contributed by atoms with E-state index in [1.165, 1.54) is 0 Å². The zero-order chi connectivity index (χ0) is 18.0. The fourth-order valence-corrected chi connectivity index (χ4v) is 3.59. The average molecular weight is 343 g/mol. The van der Waals surface area contributed by atoms with Gasteiger partial charge in [-0.3, -0.25) is 0 Å². The highest BCUT2D eigenvalue weighted by Crippen LogP contribution is 2.44. The maximum atomic E-state index is 13.5. The van der Waals surface area contributed by atoms with Crippen molar-refractivity contribution in [3.05, 3.63) is 64.4 Å². The Bertz CT molecular complexity index is 777. The number of methoxy groups -OCH3 is 2. The van der Waals surface area contributed by atoms with Crippen LogP contribution in [0.25, 0.3) is 0 Å². The molecule has 0 amide bonds. The monoisotopic (exact) mass is 343 g/mol. The third-order valence-corrected chi connectivity index (χ3v) is 4.69. The molecule has 2 unspecified atom stereocenters. The third kappa shape index (κ3) is 3.18. The molecule has 0 spiro atoms. The molecule has 6 nitrogen and oxygen atoms in total. The number of carboxylic acids is 1. The average Bonchev–Trinajstić information content (AvgIpc) is 2.60. The Morgan fingerprint density at radius 1 is 1.20 bits per heavy atom. The van der Waals surface area contributed by atoms with Crippen LogP contribution in [0.5, 0.6) is 11.5 Å². The number of benzene rings is 2. The van der Waals surface area contributed by atoms with Crippen LogP contribution in [0.15, 0.2) is 42.5 Å². The first-order valence-electron chi connectivity index (χ1n) is 8.08. The molecule has 1 aliphatic heterocycles. The van der Waals surface area contributed by atoms with E-state index < -0.39 is 23.2 Å². The summed E-state index contributed by atoms with van der Waals surface area (Å²) in [7, 11) is 3.11. The molecule has 2 aromatic carbocycles. The SMILES string of the molecule is COc1cc2c(cc1OC)C(c1ccccc1)[N+]([O-])(CC(=O)O)CC2. The van der Waals surface area contributed by atoms with E-state index in [1.807, 2.05) is 36.4 Å². The standard InChI is InChI=1S/C19H21NO5/c1-24-16-10-14-8-9-20(23,12-18(21)22)19(13-6-4-3-5-7-13)15(14)11-17(16)25-2/h3-7,10-11,19H,8-9,12H2,1-2H3,(H,21,22). The van der Waals surface area contributed by atoms with Gasteiger partial charge in [0.25, 0.3) is 0 Å². The van der Waals surface area contributed by atoms with Crippen LogP contribution in [0.2, 0.25) is 0 Å². The number of hydroxylamine groups is 3. The Balaban J connectivity index is 2.19. The molecule has 0 bridgehead atoms. The Morgan fingerprint density at radius 2 is 1.84 bits per heavy atom. The highest BCUT2D eigenvalue weighted by Gasteiger charge is 2.39. The van der Waals surface area contributed by atoms with Crippen LogP contribution in [-0.2, 0) is 11.2 Å². The molecule has 0 aliphatic carbocycles. The number of carbonyl (C=O) groups is 1. The summed E-state index contributed by atoms with van der Waals surface area (Å²) in [6, 6.07) is 12.4. The van der Waals surface area contributed by atoms with Gasteiger partial charge in [-0.05, 0) is 17.7 Å². The van der Waals surface area contributed by atoms with Crippen LogP contribution in [0.4, 0.5) is 0 Å². The molecule has 25 heavy (non-hydrogen) atoms. The summed E-state index contributed by atoms with van der Waals surface area (Å²) in [6.07, 6.45) is 0.496. The lowest BCUT2D eigenvalue weighted by atomic mass is 9.87. The molecule has 2 aromatic rings. The van der Waals surface area contributed by atoms with Crippen molar-refractivity contribution in [2.24, 2.45) is 0 Å². The number of fused-ring (bicyclic) bond motifs is 1. The van der Waals surface area contributed by atoms with E-state index in [2.05, 4.69) is 0 Å². The summed E-state index contributed by atoms with van der Waals surface area (Å²) < 4.78 is 9.93. The van der Waals surface area contributed by atoms with Crippen LogP contribution >= 0.6 is 0 Å². The van der Waals surface area contributed by atoms with Gasteiger partial charge < -0.3 is 24.4 Å². The Labute approximate surface area is 146 Å². The number of carboxylic acid groups (broad SMARTS) is 1. The van der Waals surface area contributed by atoms with Crippen molar-refractivity contribution in [3.8, 4) is 11.5 Å². The van der Waals surface area contributed by atoms with E-state index in [9.17, 15) is 15.1 Å². The molecule has 0 radical (unpaired) electrons. The molecule has 2 atom stereocenters. The second-order valence-electron chi connectivity index (χ2n) is 6.20. The number of quaternary nitrogens is 1. The smallest absolute Gasteiger partial charge is 0.359 e. The molecule has 0 saturated carbocycles. The summed E-state index contributed by atoms with van der Waals surface area (Å²) in [4.78, 5) is 11.3. The van der Waals surface area contributed by atoms with Crippen molar-refractivity contribution >= 4 is 5.97 Å². The first-order chi connectivity index (χ1) is 12.0. The van der Waals surface area contributed by atoms with Gasteiger partial charge in [0.1, 0.15) is 6.04 Å². The largest absolute Gasteiger partial charge is 0.632 e. The van der Waals surface area contributed by atoms with Gasteiger partial charge in [-0.15, -0.1) is 0 Å². The summed E-state index contributed by atoms with van der Waals surface area (Å²) in [5, 5.41) is 22.7. The predicted molar refractivity (Wildman–Crippen MR) is 92.5 cm³/mol. The fourth-order valence-electron chi connectivity index (χ4n) is 3.59. The van der Waals surface area contributed by atoms with Gasteiger partial charge in [-0.2, -0.15) is 0 Å². The van der Waals surface area contributed by atoms with Crippen LogP contribution in [0.3, 0.4) is 0 Å². The molecule has 6 heteroatoms. The van der Waals surface area contributed by atoms with E-state index in [-0.39, 0.29) is 6.54 Å². The maximum Gasteiger partial charge on any atom is 0.359 e. The molecule has 1 N–H and O–H groups in total. The fraction of sp³-hybridized carbons (Fsp3) is 0.316. The highest BCUT2D eigenvalue weighted by atomic mass is 16.6. The van der Waals surface area contributed by atoms with Crippen molar-refractivity contribution in [1.29, 1.82) is 0 Å². The van der Waals surface area contributed by atoms with Crippen LogP contribution in [0, 0.1) is 5.21 Å². The molecule has 1 aliphatic rings. The van der Waals surface area contributed by atoms with Gasteiger partial charge >= 0.3 is 5.97 Å².